The Morgan fingerprint density at radius 1 is 1.10 bits per heavy atom. The SMILES string of the molecule is CC(C)CNCc1nnc(OCCN(C(C)C)C(C)C)s1. The predicted molar refractivity (Wildman–Crippen MR) is 88.9 cm³/mol. The minimum atomic E-state index is 0.527. The molecule has 0 radical (unpaired) electrons. The highest BCUT2D eigenvalue weighted by atomic mass is 32.1. The van der Waals surface area contributed by atoms with Crippen LogP contribution in [-0.4, -0.2) is 46.9 Å². The van der Waals surface area contributed by atoms with Crippen LogP contribution >= 0.6 is 11.3 Å². The minimum absolute atomic E-state index is 0.527. The van der Waals surface area contributed by atoms with Crippen molar-refractivity contribution in [3.05, 3.63) is 5.01 Å². The van der Waals surface area contributed by atoms with Crippen molar-refractivity contribution in [2.75, 3.05) is 19.7 Å². The van der Waals surface area contributed by atoms with Gasteiger partial charge in [0.2, 0.25) is 0 Å². The van der Waals surface area contributed by atoms with Gasteiger partial charge in [0.05, 0.1) is 0 Å². The maximum Gasteiger partial charge on any atom is 0.294 e. The third kappa shape index (κ3) is 7.20. The molecular formula is C15H30N4OS. The van der Waals surface area contributed by atoms with Crippen molar-refractivity contribution in [1.29, 1.82) is 0 Å². The van der Waals surface area contributed by atoms with Crippen LogP contribution in [0.3, 0.4) is 0 Å². The average Bonchev–Trinajstić information content (AvgIpc) is 2.81. The molecule has 0 spiro atoms. The van der Waals surface area contributed by atoms with E-state index in [2.05, 4.69) is 62.0 Å². The summed E-state index contributed by atoms with van der Waals surface area (Å²) in [5, 5.41) is 13.3. The molecule has 21 heavy (non-hydrogen) atoms. The van der Waals surface area contributed by atoms with Crippen LogP contribution in [-0.2, 0) is 6.54 Å². The average molecular weight is 314 g/mol. The van der Waals surface area contributed by atoms with Crippen molar-refractivity contribution >= 4 is 11.3 Å². The van der Waals surface area contributed by atoms with Crippen LogP contribution in [0.1, 0.15) is 46.6 Å². The van der Waals surface area contributed by atoms with Gasteiger partial charge in [-0.3, -0.25) is 4.90 Å². The van der Waals surface area contributed by atoms with Crippen LogP contribution in [0.5, 0.6) is 5.19 Å². The number of nitrogens with zero attached hydrogens (tertiary/aromatic N) is 3. The number of hydrogen-bond acceptors (Lipinski definition) is 6. The molecule has 0 saturated heterocycles. The molecule has 0 atom stereocenters. The van der Waals surface area contributed by atoms with Crippen molar-refractivity contribution < 1.29 is 4.74 Å². The summed E-state index contributed by atoms with van der Waals surface area (Å²) in [6.07, 6.45) is 0. The Hall–Kier alpha value is -0.720. The maximum absolute atomic E-state index is 5.72. The number of aromatic nitrogens is 2. The zero-order valence-electron chi connectivity index (χ0n) is 14.2. The first-order chi connectivity index (χ1) is 9.90. The Labute approximate surface area is 133 Å². The molecule has 1 rings (SSSR count). The Morgan fingerprint density at radius 2 is 1.76 bits per heavy atom. The lowest BCUT2D eigenvalue weighted by Gasteiger charge is -2.29. The van der Waals surface area contributed by atoms with Gasteiger partial charge in [-0.2, -0.15) is 0 Å². The summed E-state index contributed by atoms with van der Waals surface area (Å²) in [6.45, 7) is 16.6. The largest absolute Gasteiger partial charge is 0.468 e. The lowest BCUT2D eigenvalue weighted by molar-refractivity contribution is 0.141. The van der Waals surface area contributed by atoms with Crippen molar-refractivity contribution in [2.24, 2.45) is 5.92 Å². The number of rotatable bonds is 10. The topological polar surface area (TPSA) is 50.3 Å². The summed E-state index contributed by atoms with van der Waals surface area (Å²) in [5.74, 6) is 0.645. The van der Waals surface area contributed by atoms with Gasteiger partial charge >= 0.3 is 0 Å². The fourth-order valence-electron chi connectivity index (χ4n) is 2.19. The van der Waals surface area contributed by atoms with Gasteiger partial charge in [-0.1, -0.05) is 25.2 Å². The summed E-state index contributed by atoms with van der Waals surface area (Å²) in [4.78, 5) is 2.41. The van der Waals surface area contributed by atoms with E-state index >= 15 is 0 Å². The van der Waals surface area contributed by atoms with E-state index in [0.29, 0.717) is 29.8 Å². The number of ether oxygens (including phenoxy) is 1. The van der Waals surface area contributed by atoms with Crippen molar-refractivity contribution in [3.8, 4) is 5.19 Å². The molecule has 0 saturated carbocycles. The molecule has 0 aliphatic rings. The highest BCUT2D eigenvalue weighted by molar-refractivity contribution is 7.13. The molecule has 1 heterocycles. The summed E-state index contributed by atoms with van der Waals surface area (Å²) in [6, 6.07) is 1.05. The lowest BCUT2D eigenvalue weighted by Crippen LogP contribution is -2.39. The zero-order chi connectivity index (χ0) is 15.8. The quantitative estimate of drug-likeness (QED) is 0.719. The predicted octanol–water partition coefficient (Wildman–Crippen LogP) is 2.78. The van der Waals surface area contributed by atoms with Gasteiger partial charge < -0.3 is 10.1 Å². The minimum Gasteiger partial charge on any atom is -0.468 e. The highest BCUT2D eigenvalue weighted by Gasteiger charge is 2.13. The molecule has 0 bridgehead atoms. The van der Waals surface area contributed by atoms with E-state index < -0.39 is 0 Å². The third-order valence-electron chi connectivity index (χ3n) is 3.18. The molecule has 5 nitrogen and oxygen atoms in total. The first-order valence-electron chi connectivity index (χ1n) is 7.81. The second kappa shape index (κ2) is 9.33. The van der Waals surface area contributed by atoms with Gasteiger partial charge in [0, 0.05) is 25.2 Å². The Balaban J connectivity index is 2.31. The van der Waals surface area contributed by atoms with Gasteiger partial charge in [0.15, 0.2) is 0 Å². The van der Waals surface area contributed by atoms with Crippen LogP contribution in [0.2, 0.25) is 0 Å². The zero-order valence-corrected chi connectivity index (χ0v) is 15.0. The second-order valence-electron chi connectivity index (χ2n) is 6.26. The van der Waals surface area contributed by atoms with E-state index in [1.165, 1.54) is 11.3 Å². The first kappa shape index (κ1) is 18.3. The van der Waals surface area contributed by atoms with E-state index in [1.54, 1.807) is 0 Å². The van der Waals surface area contributed by atoms with Crippen LogP contribution < -0.4 is 10.1 Å². The Bertz CT molecular complexity index is 385. The molecule has 6 heteroatoms. The smallest absolute Gasteiger partial charge is 0.294 e. The van der Waals surface area contributed by atoms with E-state index in [4.69, 9.17) is 4.74 Å². The van der Waals surface area contributed by atoms with Crippen molar-refractivity contribution in [2.45, 2.75) is 60.2 Å². The van der Waals surface area contributed by atoms with Crippen molar-refractivity contribution in [3.63, 3.8) is 0 Å². The Kier molecular flexibility index (Phi) is 8.14. The molecule has 0 aliphatic heterocycles. The summed E-state index contributed by atoms with van der Waals surface area (Å²) >= 11 is 1.53. The monoisotopic (exact) mass is 314 g/mol. The van der Waals surface area contributed by atoms with Gasteiger partial charge in [0.25, 0.3) is 5.19 Å². The molecule has 1 N–H and O–H groups in total. The highest BCUT2D eigenvalue weighted by Crippen LogP contribution is 2.17. The Morgan fingerprint density at radius 3 is 2.33 bits per heavy atom. The summed E-state index contributed by atoms with van der Waals surface area (Å²) in [7, 11) is 0. The molecule has 1 aromatic heterocycles. The van der Waals surface area contributed by atoms with E-state index in [9.17, 15) is 0 Å². The molecule has 0 aromatic carbocycles. The fourth-order valence-corrected chi connectivity index (χ4v) is 2.87. The summed E-state index contributed by atoms with van der Waals surface area (Å²) in [5.41, 5.74) is 0. The fraction of sp³-hybridized carbons (Fsp3) is 0.867. The molecule has 0 amide bonds. The van der Waals surface area contributed by atoms with E-state index in [1.807, 2.05) is 0 Å². The normalized spacial score (nSPS) is 12.1. The van der Waals surface area contributed by atoms with Gasteiger partial charge in [0.1, 0.15) is 11.6 Å². The second-order valence-corrected chi connectivity index (χ2v) is 7.28. The first-order valence-corrected chi connectivity index (χ1v) is 8.63. The molecule has 1 aromatic rings. The lowest BCUT2D eigenvalue weighted by atomic mass is 10.2. The van der Waals surface area contributed by atoms with Crippen molar-refractivity contribution in [1.82, 2.24) is 20.4 Å². The number of hydrogen-bond donors (Lipinski definition) is 1. The maximum atomic E-state index is 5.72. The van der Waals surface area contributed by atoms with Crippen LogP contribution in [0.4, 0.5) is 0 Å². The van der Waals surface area contributed by atoms with Gasteiger partial charge in [-0.25, -0.2) is 0 Å². The van der Waals surface area contributed by atoms with Crippen LogP contribution in [0.15, 0.2) is 0 Å². The van der Waals surface area contributed by atoms with E-state index in [-0.39, 0.29) is 0 Å². The van der Waals surface area contributed by atoms with Gasteiger partial charge in [-0.15, -0.1) is 10.2 Å². The molecule has 0 unspecified atom stereocenters. The molecule has 122 valence electrons. The third-order valence-corrected chi connectivity index (χ3v) is 4.01. The summed E-state index contributed by atoms with van der Waals surface area (Å²) < 4.78 is 5.72. The van der Waals surface area contributed by atoms with Crippen LogP contribution in [0.25, 0.3) is 0 Å². The number of nitrogens with one attached hydrogen (secondary N) is 1. The van der Waals surface area contributed by atoms with E-state index in [0.717, 1.165) is 24.6 Å². The molecule has 0 fully saturated rings. The van der Waals surface area contributed by atoms with Gasteiger partial charge in [-0.05, 0) is 40.2 Å². The molecular weight excluding hydrogens is 284 g/mol. The standard InChI is InChI=1S/C15H30N4OS/c1-11(2)9-16-10-14-17-18-15(21-14)20-8-7-19(12(3)4)13(5)6/h11-13,16H,7-10H2,1-6H3. The van der Waals surface area contributed by atoms with Crippen LogP contribution in [0, 0.1) is 5.92 Å². The molecule has 0 aliphatic carbocycles.